The average Bonchev–Trinajstić information content (AvgIpc) is 2.58. The van der Waals surface area contributed by atoms with Crippen LogP contribution < -0.4 is 0 Å². The second kappa shape index (κ2) is 3.77. The molecule has 82 valence electrons. The molecular weight excluding hydrogens is 182 g/mol. The van der Waals surface area contributed by atoms with Gasteiger partial charge in [-0.1, -0.05) is 0 Å². The van der Waals surface area contributed by atoms with Crippen LogP contribution in [0.5, 0.6) is 0 Å². The molecule has 2 rings (SSSR count). The number of likely N-dealkylation sites (N-methyl/N-ethyl adjacent to an activating group) is 1. The van der Waals surface area contributed by atoms with Crippen molar-refractivity contribution in [2.75, 3.05) is 27.3 Å². The van der Waals surface area contributed by atoms with Crippen molar-refractivity contribution in [1.82, 2.24) is 4.90 Å². The first-order chi connectivity index (χ1) is 6.63. The van der Waals surface area contributed by atoms with Gasteiger partial charge in [0.2, 0.25) is 0 Å². The van der Waals surface area contributed by atoms with E-state index in [2.05, 4.69) is 4.90 Å². The molecule has 1 aliphatic heterocycles. The molecule has 0 bridgehead atoms. The minimum Gasteiger partial charge on any atom is -0.391 e. The molecule has 14 heavy (non-hydrogen) atoms. The standard InChI is InChI=1S/C10H19NO3/c1-11(2)8-7-10(4-3-9(8)12)13-5-6-14-10/h8-9,12H,3-7H2,1-2H3/t8-,9+/m1/s1. The van der Waals surface area contributed by atoms with Gasteiger partial charge < -0.3 is 19.5 Å². The first-order valence-electron chi connectivity index (χ1n) is 5.25. The second-order valence-corrected chi connectivity index (χ2v) is 4.45. The van der Waals surface area contributed by atoms with Crippen molar-refractivity contribution >= 4 is 0 Å². The van der Waals surface area contributed by atoms with Gasteiger partial charge in [0.1, 0.15) is 0 Å². The van der Waals surface area contributed by atoms with E-state index in [9.17, 15) is 5.11 Å². The van der Waals surface area contributed by atoms with E-state index in [0.717, 1.165) is 19.3 Å². The molecule has 2 atom stereocenters. The average molecular weight is 201 g/mol. The van der Waals surface area contributed by atoms with E-state index in [1.54, 1.807) is 0 Å². The molecule has 4 nitrogen and oxygen atoms in total. The second-order valence-electron chi connectivity index (χ2n) is 4.45. The lowest BCUT2D eigenvalue weighted by Gasteiger charge is -2.41. The van der Waals surface area contributed by atoms with E-state index in [4.69, 9.17) is 9.47 Å². The van der Waals surface area contributed by atoms with E-state index in [0.29, 0.717) is 13.2 Å². The summed E-state index contributed by atoms with van der Waals surface area (Å²) in [5.41, 5.74) is 0. The van der Waals surface area contributed by atoms with Crippen LogP contribution in [-0.4, -0.2) is 55.2 Å². The zero-order chi connectivity index (χ0) is 10.2. The van der Waals surface area contributed by atoms with Crippen molar-refractivity contribution in [2.45, 2.75) is 37.2 Å². The molecule has 4 heteroatoms. The molecular formula is C10H19NO3. The van der Waals surface area contributed by atoms with E-state index >= 15 is 0 Å². The number of ether oxygens (including phenoxy) is 2. The molecule has 1 heterocycles. The SMILES string of the molecule is CN(C)[C@@H]1CC2(CC[C@@H]1O)OCCO2. The molecule has 1 spiro atoms. The Morgan fingerprint density at radius 2 is 1.93 bits per heavy atom. The van der Waals surface area contributed by atoms with E-state index in [1.165, 1.54) is 0 Å². The summed E-state index contributed by atoms with van der Waals surface area (Å²) in [7, 11) is 3.98. The summed E-state index contributed by atoms with van der Waals surface area (Å²) in [4.78, 5) is 2.05. The lowest BCUT2D eigenvalue weighted by atomic mass is 9.87. The van der Waals surface area contributed by atoms with E-state index in [-0.39, 0.29) is 12.1 Å². The van der Waals surface area contributed by atoms with Crippen molar-refractivity contribution in [1.29, 1.82) is 0 Å². The van der Waals surface area contributed by atoms with Gasteiger partial charge in [-0.05, 0) is 20.5 Å². The Kier molecular flexibility index (Phi) is 2.79. The van der Waals surface area contributed by atoms with Crippen molar-refractivity contribution in [3.63, 3.8) is 0 Å². The lowest BCUT2D eigenvalue weighted by Crippen LogP contribution is -2.51. The van der Waals surface area contributed by atoms with Crippen molar-refractivity contribution < 1.29 is 14.6 Å². The summed E-state index contributed by atoms with van der Waals surface area (Å²) in [6.07, 6.45) is 2.12. The van der Waals surface area contributed by atoms with Crippen LogP contribution in [0.15, 0.2) is 0 Å². The predicted molar refractivity (Wildman–Crippen MR) is 52.0 cm³/mol. The Bertz CT molecular complexity index is 202. The number of hydrogen-bond donors (Lipinski definition) is 1. The lowest BCUT2D eigenvalue weighted by molar-refractivity contribution is -0.202. The molecule has 2 aliphatic rings. The maximum Gasteiger partial charge on any atom is 0.170 e. The minimum atomic E-state index is -0.395. The Hall–Kier alpha value is -0.160. The van der Waals surface area contributed by atoms with Crippen LogP contribution in [0.3, 0.4) is 0 Å². The monoisotopic (exact) mass is 201 g/mol. The van der Waals surface area contributed by atoms with Gasteiger partial charge in [0, 0.05) is 18.9 Å². The molecule has 0 aromatic carbocycles. The molecule has 1 saturated heterocycles. The minimum absolute atomic E-state index is 0.154. The maximum atomic E-state index is 9.83. The Labute approximate surface area is 84.8 Å². The number of nitrogens with zero attached hydrogens (tertiary/aromatic N) is 1. The molecule has 0 radical (unpaired) electrons. The number of hydrogen-bond acceptors (Lipinski definition) is 4. The normalized spacial score (nSPS) is 36.9. The van der Waals surface area contributed by atoms with Gasteiger partial charge in [-0.2, -0.15) is 0 Å². The molecule has 0 aromatic rings. The third kappa shape index (κ3) is 1.80. The quantitative estimate of drug-likeness (QED) is 0.658. The summed E-state index contributed by atoms with van der Waals surface area (Å²) in [6.45, 7) is 1.38. The van der Waals surface area contributed by atoms with Gasteiger partial charge in [-0.15, -0.1) is 0 Å². The first-order valence-corrected chi connectivity index (χ1v) is 5.25. The molecule has 0 aromatic heterocycles. The summed E-state index contributed by atoms with van der Waals surface area (Å²) in [5, 5.41) is 9.83. The van der Waals surface area contributed by atoms with Gasteiger partial charge in [0.15, 0.2) is 5.79 Å². The fraction of sp³-hybridized carbons (Fsp3) is 1.00. The van der Waals surface area contributed by atoms with Crippen molar-refractivity contribution in [2.24, 2.45) is 0 Å². The molecule has 2 fully saturated rings. The van der Waals surface area contributed by atoms with Crippen molar-refractivity contribution in [3.8, 4) is 0 Å². The van der Waals surface area contributed by atoms with Crippen LogP contribution in [0.2, 0.25) is 0 Å². The highest BCUT2D eigenvalue weighted by Crippen LogP contribution is 2.37. The largest absolute Gasteiger partial charge is 0.391 e. The molecule has 0 unspecified atom stereocenters. The van der Waals surface area contributed by atoms with Gasteiger partial charge in [-0.3, -0.25) is 0 Å². The maximum absolute atomic E-state index is 9.83. The van der Waals surface area contributed by atoms with Crippen LogP contribution in [-0.2, 0) is 9.47 Å². The fourth-order valence-electron chi connectivity index (χ4n) is 2.40. The highest BCUT2D eigenvalue weighted by Gasteiger charge is 2.45. The third-order valence-corrected chi connectivity index (χ3v) is 3.26. The highest BCUT2D eigenvalue weighted by atomic mass is 16.7. The van der Waals surface area contributed by atoms with Gasteiger partial charge in [-0.25, -0.2) is 0 Å². The summed E-state index contributed by atoms with van der Waals surface area (Å²) in [6, 6.07) is 0.154. The number of aliphatic hydroxyl groups excluding tert-OH is 1. The van der Waals surface area contributed by atoms with Gasteiger partial charge >= 0.3 is 0 Å². The highest BCUT2D eigenvalue weighted by molar-refractivity contribution is 4.91. The van der Waals surface area contributed by atoms with E-state index in [1.807, 2.05) is 14.1 Å². The van der Waals surface area contributed by atoms with Crippen LogP contribution >= 0.6 is 0 Å². The summed E-state index contributed by atoms with van der Waals surface area (Å²) in [5.74, 6) is -0.395. The van der Waals surface area contributed by atoms with Gasteiger partial charge in [0.25, 0.3) is 0 Å². The van der Waals surface area contributed by atoms with Crippen LogP contribution in [0.25, 0.3) is 0 Å². The Balaban J connectivity index is 2.04. The number of rotatable bonds is 1. The zero-order valence-electron chi connectivity index (χ0n) is 8.90. The smallest absolute Gasteiger partial charge is 0.170 e. The predicted octanol–water partition coefficient (Wildman–Crippen LogP) is 0.204. The first kappa shape index (κ1) is 10.4. The Morgan fingerprint density at radius 3 is 2.50 bits per heavy atom. The van der Waals surface area contributed by atoms with Crippen LogP contribution in [0.4, 0.5) is 0 Å². The fourth-order valence-corrected chi connectivity index (χ4v) is 2.40. The molecule has 1 N–H and O–H groups in total. The number of aliphatic hydroxyl groups is 1. The topological polar surface area (TPSA) is 41.9 Å². The molecule has 1 saturated carbocycles. The van der Waals surface area contributed by atoms with Crippen molar-refractivity contribution in [3.05, 3.63) is 0 Å². The third-order valence-electron chi connectivity index (χ3n) is 3.26. The molecule has 1 aliphatic carbocycles. The van der Waals surface area contributed by atoms with Gasteiger partial charge in [0.05, 0.1) is 19.3 Å². The summed E-state index contributed by atoms with van der Waals surface area (Å²) >= 11 is 0. The van der Waals surface area contributed by atoms with Crippen LogP contribution in [0, 0.1) is 0 Å². The van der Waals surface area contributed by atoms with Crippen LogP contribution in [0.1, 0.15) is 19.3 Å². The summed E-state index contributed by atoms with van der Waals surface area (Å²) < 4.78 is 11.3. The molecule has 0 amide bonds. The van der Waals surface area contributed by atoms with E-state index < -0.39 is 5.79 Å². The zero-order valence-corrected chi connectivity index (χ0v) is 8.90. The Morgan fingerprint density at radius 1 is 1.29 bits per heavy atom.